The van der Waals surface area contributed by atoms with Crippen LogP contribution in [0.5, 0.6) is 5.75 Å². The number of aliphatic carboxylic acids is 1. The molecule has 12 nitrogen and oxygen atoms in total. The Balaban J connectivity index is 0. The van der Waals surface area contributed by atoms with Crippen molar-refractivity contribution < 1.29 is 39.3 Å². The van der Waals surface area contributed by atoms with Gasteiger partial charge in [0, 0.05) is 24.8 Å². The molecule has 0 bridgehead atoms. The summed E-state index contributed by atoms with van der Waals surface area (Å²) in [7, 11) is 2.52. The molecule has 0 saturated carbocycles. The zero-order valence-electron chi connectivity index (χ0n) is 20.4. The van der Waals surface area contributed by atoms with E-state index in [-0.39, 0.29) is 25.3 Å². The van der Waals surface area contributed by atoms with E-state index in [9.17, 15) is 24.0 Å². The Hall–Kier alpha value is -4.29. The number of hydrogen-bond donors (Lipinski definition) is 7. The lowest BCUT2D eigenvalue weighted by molar-refractivity contribution is -0.139. The first-order chi connectivity index (χ1) is 17.1. The molecule has 0 heterocycles. The summed E-state index contributed by atoms with van der Waals surface area (Å²) in [6.45, 7) is 1.95. The van der Waals surface area contributed by atoms with Crippen molar-refractivity contribution in [2.75, 3.05) is 26.0 Å². The number of carbonyl (C=O) groups excluding carboxylic acids is 4. The Labute approximate surface area is 209 Å². The number of aliphatic hydroxyl groups excluding tert-OH is 1. The molecule has 1 atom stereocenters. The van der Waals surface area contributed by atoms with Gasteiger partial charge in [-0.3, -0.25) is 14.4 Å². The molecule has 2 aromatic rings. The van der Waals surface area contributed by atoms with Crippen molar-refractivity contribution in [3.63, 3.8) is 0 Å². The molecule has 2 rings (SSSR count). The average molecular weight is 507 g/mol. The maximum absolute atomic E-state index is 11.0. The number of benzene rings is 2. The summed E-state index contributed by atoms with van der Waals surface area (Å²) in [5, 5.41) is 31.6. The van der Waals surface area contributed by atoms with Gasteiger partial charge in [-0.1, -0.05) is 29.8 Å². The van der Waals surface area contributed by atoms with Crippen molar-refractivity contribution in [1.82, 2.24) is 10.6 Å². The number of aromatic hydroxyl groups is 1. The molecule has 0 aliphatic heterocycles. The van der Waals surface area contributed by atoms with Gasteiger partial charge in [0.05, 0.1) is 6.54 Å². The van der Waals surface area contributed by atoms with Crippen molar-refractivity contribution >= 4 is 36.2 Å². The average Bonchev–Trinajstić information content (AvgIpc) is 2.86. The largest absolute Gasteiger partial charge is 0.508 e. The highest BCUT2D eigenvalue weighted by molar-refractivity contribution is 5.89. The topological polar surface area (TPSA) is 208 Å². The molecule has 2 aromatic carbocycles. The van der Waals surface area contributed by atoms with E-state index in [1.807, 2.05) is 19.1 Å². The zero-order valence-corrected chi connectivity index (χ0v) is 20.4. The molecule has 0 radical (unpaired) electrons. The van der Waals surface area contributed by atoms with Crippen LogP contribution < -0.4 is 21.7 Å². The van der Waals surface area contributed by atoms with E-state index < -0.39 is 18.0 Å². The number of amides is 3. The maximum Gasteiger partial charge on any atom is 0.320 e. The predicted molar refractivity (Wildman–Crippen MR) is 135 cm³/mol. The van der Waals surface area contributed by atoms with Gasteiger partial charge in [0.1, 0.15) is 24.4 Å². The van der Waals surface area contributed by atoms with E-state index in [4.69, 9.17) is 21.1 Å². The van der Waals surface area contributed by atoms with Gasteiger partial charge >= 0.3 is 12.0 Å². The molecular weight excluding hydrogens is 472 g/mol. The number of anilines is 1. The van der Waals surface area contributed by atoms with Crippen molar-refractivity contribution in [3.8, 4) is 5.75 Å². The zero-order chi connectivity index (χ0) is 27.9. The number of urea groups is 1. The van der Waals surface area contributed by atoms with Gasteiger partial charge in [-0.25, -0.2) is 4.79 Å². The minimum atomic E-state index is -0.990. The van der Waals surface area contributed by atoms with Crippen LogP contribution in [0.2, 0.25) is 0 Å². The molecule has 1 unspecified atom stereocenters. The predicted octanol–water partition coefficient (Wildman–Crippen LogP) is 1.05. The third-order valence-electron chi connectivity index (χ3n) is 4.01. The minimum absolute atomic E-state index is 0.0316. The lowest BCUT2D eigenvalue weighted by atomic mass is 10.1. The van der Waals surface area contributed by atoms with Crippen molar-refractivity contribution in [2.45, 2.75) is 25.8 Å². The lowest BCUT2D eigenvalue weighted by Gasteiger charge is -2.09. The van der Waals surface area contributed by atoms with E-state index in [1.54, 1.807) is 30.3 Å². The SMILES string of the molecule is CNC(CCC(=O)NCC=O)C(=O)O.CO.Cc1ccc(O)cc1.NC(=O)Nc1cccc(C=O)c1. The summed E-state index contributed by atoms with van der Waals surface area (Å²) < 4.78 is 0. The van der Waals surface area contributed by atoms with Crippen LogP contribution in [0.4, 0.5) is 10.5 Å². The number of nitrogens with one attached hydrogen (secondary N) is 3. The normalized spacial score (nSPS) is 9.78. The summed E-state index contributed by atoms with van der Waals surface area (Å²) in [4.78, 5) is 52.0. The van der Waals surface area contributed by atoms with Gasteiger partial charge in [0.15, 0.2) is 0 Å². The Morgan fingerprint density at radius 3 is 2.11 bits per heavy atom. The molecule has 8 N–H and O–H groups in total. The summed E-state index contributed by atoms with van der Waals surface area (Å²) in [6, 6.07) is 12.2. The van der Waals surface area contributed by atoms with E-state index in [1.165, 1.54) is 18.7 Å². The van der Waals surface area contributed by atoms with Crippen LogP contribution in [0.1, 0.15) is 28.8 Å². The molecule has 36 heavy (non-hydrogen) atoms. The van der Waals surface area contributed by atoms with Crippen LogP contribution in [0.15, 0.2) is 48.5 Å². The molecule has 0 fully saturated rings. The van der Waals surface area contributed by atoms with Gasteiger partial charge in [0.2, 0.25) is 5.91 Å². The third kappa shape index (κ3) is 18.2. The van der Waals surface area contributed by atoms with Crippen molar-refractivity contribution in [3.05, 3.63) is 59.7 Å². The number of rotatable bonds is 9. The first-order valence-corrected chi connectivity index (χ1v) is 10.5. The number of primary amides is 1. The number of aliphatic hydroxyl groups is 1. The summed E-state index contributed by atoms with van der Waals surface area (Å²) in [6.07, 6.45) is 1.57. The first kappa shape index (κ1) is 33.9. The molecule has 0 aliphatic rings. The minimum Gasteiger partial charge on any atom is -0.508 e. The van der Waals surface area contributed by atoms with E-state index >= 15 is 0 Å². The smallest absolute Gasteiger partial charge is 0.320 e. The number of carbonyl (C=O) groups is 5. The standard InChI is InChI=1S/C8H14N2O4.C8H8N2O2.C7H8O.CH4O/c1-9-6(8(13)14)2-3-7(12)10-4-5-11;9-8(12)10-7-3-1-2-6(4-7)5-11;1-6-2-4-7(8)5-3-6;1-2/h5-6,9H,2-4H2,1H3,(H,10,12)(H,13,14);1-5H,(H3,9,10,12);2-5,8H,1H3;2H,1H3. The van der Waals surface area contributed by atoms with Crippen LogP contribution in [-0.4, -0.2) is 72.5 Å². The number of aryl methyl sites for hydroxylation is 1. The fourth-order valence-corrected chi connectivity index (χ4v) is 2.29. The van der Waals surface area contributed by atoms with Crippen molar-refractivity contribution in [2.24, 2.45) is 5.73 Å². The number of carboxylic acid groups (broad SMARTS) is 1. The molecular formula is C24H34N4O8. The van der Waals surface area contributed by atoms with Gasteiger partial charge in [-0.15, -0.1) is 0 Å². The molecule has 0 aliphatic carbocycles. The second-order valence-electron chi connectivity index (χ2n) is 6.76. The van der Waals surface area contributed by atoms with Gasteiger partial charge in [0.25, 0.3) is 0 Å². The lowest BCUT2D eigenvalue weighted by Crippen LogP contribution is -2.35. The number of likely N-dealkylation sites (N-methyl/N-ethyl adjacent to an activating group) is 1. The Morgan fingerprint density at radius 1 is 1.06 bits per heavy atom. The second-order valence-corrected chi connectivity index (χ2v) is 6.76. The van der Waals surface area contributed by atoms with E-state index in [0.717, 1.165) is 7.11 Å². The Morgan fingerprint density at radius 2 is 1.67 bits per heavy atom. The van der Waals surface area contributed by atoms with E-state index in [0.29, 0.717) is 29.6 Å². The van der Waals surface area contributed by atoms with Crippen LogP contribution in [0, 0.1) is 6.92 Å². The number of phenolic OH excluding ortho intramolecular Hbond substituents is 1. The van der Waals surface area contributed by atoms with Gasteiger partial charge < -0.3 is 41.8 Å². The highest BCUT2D eigenvalue weighted by Gasteiger charge is 2.15. The van der Waals surface area contributed by atoms with E-state index in [2.05, 4.69) is 16.0 Å². The third-order valence-corrected chi connectivity index (χ3v) is 4.01. The Kier molecular flexibility index (Phi) is 20.0. The highest BCUT2D eigenvalue weighted by Crippen LogP contribution is 2.08. The molecule has 3 amide bonds. The summed E-state index contributed by atoms with van der Waals surface area (Å²) >= 11 is 0. The number of nitrogens with two attached hydrogens (primary N) is 1. The summed E-state index contributed by atoms with van der Waals surface area (Å²) in [5.74, 6) is -0.982. The van der Waals surface area contributed by atoms with Crippen LogP contribution >= 0.6 is 0 Å². The molecule has 12 heteroatoms. The van der Waals surface area contributed by atoms with Crippen LogP contribution in [-0.2, 0) is 14.4 Å². The van der Waals surface area contributed by atoms with Crippen LogP contribution in [0.3, 0.4) is 0 Å². The van der Waals surface area contributed by atoms with Crippen LogP contribution in [0.25, 0.3) is 0 Å². The first-order valence-electron chi connectivity index (χ1n) is 10.5. The monoisotopic (exact) mass is 506 g/mol. The Bertz CT molecular complexity index is 915. The maximum atomic E-state index is 11.0. The highest BCUT2D eigenvalue weighted by atomic mass is 16.4. The second kappa shape index (κ2) is 21.3. The number of aldehydes is 2. The van der Waals surface area contributed by atoms with Gasteiger partial charge in [-0.2, -0.15) is 0 Å². The molecule has 0 aromatic heterocycles. The summed E-state index contributed by atoms with van der Waals surface area (Å²) in [5.41, 5.74) is 7.07. The molecule has 0 saturated heterocycles. The quantitative estimate of drug-likeness (QED) is 0.242. The molecule has 0 spiro atoms. The van der Waals surface area contributed by atoms with Crippen molar-refractivity contribution in [1.29, 1.82) is 0 Å². The molecule has 198 valence electrons. The fraction of sp³-hybridized carbons (Fsp3) is 0.292. The van der Waals surface area contributed by atoms with Gasteiger partial charge in [-0.05, 0) is 44.7 Å². The number of phenols is 1. The number of carboxylic acids is 1. The number of hydrogen-bond acceptors (Lipinski definition) is 8. The fourth-order valence-electron chi connectivity index (χ4n) is 2.29.